The van der Waals surface area contributed by atoms with Gasteiger partial charge in [0.25, 0.3) is 11.5 Å². The monoisotopic (exact) mass is 490 g/mol. The highest BCUT2D eigenvalue weighted by Gasteiger charge is 2.15. The first-order valence-electron chi connectivity index (χ1n) is 10.5. The first-order chi connectivity index (χ1) is 17.0. The van der Waals surface area contributed by atoms with E-state index in [0.29, 0.717) is 27.3 Å². The summed E-state index contributed by atoms with van der Waals surface area (Å²) in [6.45, 7) is 0. The zero-order chi connectivity index (χ0) is 24.8. The number of rotatable bonds is 8. The molecule has 0 spiro atoms. The van der Waals surface area contributed by atoms with E-state index >= 15 is 0 Å². The van der Waals surface area contributed by atoms with Crippen LogP contribution in [0.1, 0.15) is 5.56 Å². The van der Waals surface area contributed by atoms with Crippen LogP contribution < -0.4 is 20.5 Å². The smallest absolute Gasteiger partial charge is 0.266 e. The molecule has 0 saturated heterocycles. The number of phenols is 1. The van der Waals surface area contributed by atoms with Crippen molar-refractivity contribution in [3.63, 3.8) is 0 Å². The van der Waals surface area contributed by atoms with Crippen molar-refractivity contribution in [2.75, 3.05) is 20.0 Å². The van der Waals surface area contributed by atoms with Crippen LogP contribution in [0.5, 0.6) is 17.2 Å². The minimum atomic E-state index is -0.383. The van der Waals surface area contributed by atoms with Crippen molar-refractivity contribution >= 4 is 34.8 Å². The maximum Gasteiger partial charge on any atom is 0.266 e. The molecule has 0 aliphatic heterocycles. The molecule has 3 aromatic carbocycles. The molecule has 1 heterocycles. The van der Waals surface area contributed by atoms with E-state index in [-0.39, 0.29) is 34.5 Å². The quantitative estimate of drug-likeness (QED) is 0.168. The summed E-state index contributed by atoms with van der Waals surface area (Å²) in [6.07, 6.45) is 1.40. The lowest BCUT2D eigenvalue weighted by molar-refractivity contribution is -0.118. The van der Waals surface area contributed by atoms with Gasteiger partial charge in [-0.05, 0) is 36.4 Å². The van der Waals surface area contributed by atoms with Crippen molar-refractivity contribution in [1.29, 1.82) is 0 Å². The highest BCUT2D eigenvalue weighted by molar-refractivity contribution is 7.99. The molecule has 0 bridgehead atoms. The minimum Gasteiger partial charge on any atom is -0.502 e. The summed E-state index contributed by atoms with van der Waals surface area (Å²) in [6, 6.07) is 19.4. The van der Waals surface area contributed by atoms with Gasteiger partial charge in [-0.25, -0.2) is 10.4 Å². The molecule has 0 fully saturated rings. The molecule has 0 radical (unpaired) electrons. The van der Waals surface area contributed by atoms with E-state index < -0.39 is 0 Å². The van der Waals surface area contributed by atoms with Crippen molar-refractivity contribution in [1.82, 2.24) is 15.0 Å². The van der Waals surface area contributed by atoms with Crippen molar-refractivity contribution in [3.8, 4) is 22.9 Å². The highest BCUT2D eigenvalue weighted by atomic mass is 32.2. The molecule has 0 aliphatic carbocycles. The number of thioether (sulfide) groups is 1. The highest BCUT2D eigenvalue weighted by Crippen LogP contribution is 2.36. The second-order valence-electron chi connectivity index (χ2n) is 7.24. The van der Waals surface area contributed by atoms with Crippen LogP contribution in [-0.2, 0) is 4.79 Å². The molecule has 0 unspecified atom stereocenters. The van der Waals surface area contributed by atoms with Crippen LogP contribution in [0.2, 0.25) is 0 Å². The Kier molecular flexibility index (Phi) is 7.32. The number of benzene rings is 3. The molecule has 10 heteroatoms. The van der Waals surface area contributed by atoms with E-state index in [1.54, 1.807) is 30.3 Å². The summed E-state index contributed by atoms with van der Waals surface area (Å²) in [5, 5.41) is 14.9. The molecule has 1 amide bonds. The Morgan fingerprint density at radius 3 is 2.43 bits per heavy atom. The lowest BCUT2D eigenvalue weighted by Gasteiger charge is -2.12. The van der Waals surface area contributed by atoms with Crippen molar-refractivity contribution < 1.29 is 19.4 Å². The second kappa shape index (κ2) is 10.7. The predicted molar refractivity (Wildman–Crippen MR) is 135 cm³/mol. The molecule has 4 aromatic rings. The number of hydrogen-bond donors (Lipinski definition) is 2. The van der Waals surface area contributed by atoms with Gasteiger partial charge in [0.15, 0.2) is 16.7 Å². The number of para-hydroxylation sites is 2. The largest absolute Gasteiger partial charge is 0.502 e. The van der Waals surface area contributed by atoms with Gasteiger partial charge in [-0.1, -0.05) is 42.1 Å². The summed E-state index contributed by atoms with van der Waals surface area (Å²) >= 11 is 1.13. The number of carbonyl (C=O) groups excluding carboxylic acids is 1. The van der Waals surface area contributed by atoms with Crippen LogP contribution >= 0.6 is 11.8 Å². The number of amides is 1. The number of aromatic hydroxyl groups is 1. The van der Waals surface area contributed by atoms with Crippen molar-refractivity contribution in [3.05, 3.63) is 82.6 Å². The molecular formula is C25H22N4O5S. The van der Waals surface area contributed by atoms with Gasteiger partial charge < -0.3 is 14.6 Å². The third-order valence-corrected chi connectivity index (χ3v) is 5.94. The topological polar surface area (TPSA) is 115 Å². The molecule has 4 rings (SSSR count). The van der Waals surface area contributed by atoms with E-state index in [9.17, 15) is 14.7 Å². The number of carbonyl (C=O) groups is 1. The molecule has 178 valence electrons. The molecule has 0 aliphatic rings. The molecule has 2 N–H and O–H groups in total. The number of nitrogens with zero attached hydrogens (tertiary/aromatic N) is 3. The summed E-state index contributed by atoms with van der Waals surface area (Å²) in [5.41, 5.74) is 4.01. The molecule has 1 aromatic heterocycles. The zero-order valence-electron chi connectivity index (χ0n) is 19.0. The number of methoxy groups -OCH3 is 2. The fraction of sp³-hybridized carbons (Fsp3) is 0.120. The summed E-state index contributed by atoms with van der Waals surface area (Å²) < 4.78 is 11.7. The van der Waals surface area contributed by atoms with E-state index in [4.69, 9.17) is 9.47 Å². The lowest BCUT2D eigenvalue weighted by Crippen LogP contribution is -2.24. The Morgan fingerprint density at radius 1 is 1.09 bits per heavy atom. The average molecular weight is 491 g/mol. The van der Waals surface area contributed by atoms with Gasteiger partial charge in [0.05, 0.1) is 42.8 Å². The third-order valence-electron chi connectivity index (χ3n) is 5.00. The fourth-order valence-corrected chi connectivity index (χ4v) is 4.15. The van der Waals surface area contributed by atoms with E-state index in [1.807, 2.05) is 36.4 Å². The van der Waals surface area contributed by atoms with Gasteiger partial charge in [0.2, 0.25) is 5.75 Å². The predicted octanol–water partition coefficient (Wildman–Crippen LogP) is 3.35. The third kappa shape index (κ3) is 5.28. The van der Waals surface area contributed by atoms with Gasteiger partial charge in [0, 0.05) is 5.56 Å². The Balaban J connectivity index is 1.52. The van der Waals surface area contributed by atoms with E-state index in [0.717, 1.165) is 11.8 Å². The standard InChI is InChI=1S/C25H22N4O5S/c1-33-20-12-16(13-21(34-2)23(20)31)14-26-28-22(30)15-35-25-27-19-11-7-6-10-18(19)24(32)29(25)17-8-4-3-5-9-17/h3-14,31H,15H2,1-2H3,(H,28,30)/b26-14+. The number of fused-ring (bicyclic) bond motifs is 1. The molecular weight excluding hydrogens is 468 g/mol. The SMILES string of the molecule is COc1cc(/C=N/NC(=O)CSc2nc3ccccc3c(=O)n2-c2ccccc2)cc(OC)c1O. The number of hydrogen-bond acceptors (Lipinski definition) is 8. The number of aromatic nitrogens is 2. The van der Waals surface area contributed by atoms with Crippen LogP contribution in [0.4, 0.5) is 0 Å². The summed E-state index contributed by atoms with van der Waals surface area (Å²) in [5.74, 6) is -0.0919. The van der Waals surface area contributed by atoms with Crippen LogP contribution in [0, 0.1) is 0 Å². The van der Waals surface area contributed by atoms with Crippen LogP contribution in [0.15, 0.2) is 81.8 Å². The Hall–Kier alpha value is -4.31. The summed E-state index contributed by atoms with van der Waals surface area (Å²) in [7, 11) is 2.84. The molecule has 35 heavy (non-hydrogen) atoms. The number of hydrazone groups is 1. The van der Waals surface area contributed by atoms with Crippen LogP contribution in [0.3, 0.4) is 0 Å². The average Bonchev–Trinajstić information content (AvgIpc) is 2.88. The van der Waals surface area contributed by atoms with Gasteiger partial charge in [-0.2, -0.15) is 5.10 Å². The maximum absolute atomic E-state index is 13.2. The maximum atomic E-state index is 13.2. The molecule has 0 atom stereocenters. The van der Waals surface area contributed by atoms with Gasteiger partial charge in [0.1, 0.15) is 0 Å². The van der Waals surface area contributed by atoms with E-state index in [2.05, 4.69) is 15.5 Å². The lowest BCUT2D eigenvalue weighted by atomic mass is 10.2. The van der Waals surface area contributed by atoms with E-state index in [1.165, 1.54) is 25.0 Å². The van der Waals surface area contributed by atoms with Gasteiger partial charge in [-0.15, -0.1) is 0 Å². The summed E-state index contributed by atoms with van der Waals surface area (Å²) in [4.78, 5) is 30.3. The number of nitrogens with one attached hydrogen (secondary N) is 1. The van der Waals surface area contributed by atoms with Crippen molar-refractivity contribution in [2.24, 2.45) is 5.10 Å². The van der Waals surface area contributed by atoms with Gasteiger partial charge >= 0.3 is 0 Å². The zero-order valence-corrected chi connectivity index (χ0v) is 19.8. The number of ether oxygens (including phenoxy) is 2. The van der Waals surface area contributed by atoms with Crippen LogP contribution in [0.25, 0.3) is 16.6 Å². The Morgan fingerprint density at radius 2 is 1.74 bits per heavy atom. The minimum absolute atomic E-state index is 0.0167. The van der Waals surface area contributed by atoms with Gasteiger partial charge in [-0.3, -0.25) is 14.2 Å². The fourth-order valence-electron chi connectivity index (χ4n) is 3.34. The second-order valence-corrected chi connectivity index (χ2v) is 8.19. The molecule has 0 saturated carbocycles. The number of phenolic OH excluding ortho intramolecular Hbond substituents is 1. The first kappa shape index (κ1) is 23.8. The Bertz CT molecular complexity index is 1430. The first-order valence-corrected chi connectivity index (χ1v) is 11.5. The van der Waals surface area contributed by atoms with Crippen molar-refractivity contribution in [2.45, 2.75) is 5.16 Å². The Labute approximate surface area is 205 Å². The molecule has 9 nitrogen and oxygen atoms in total. The normalized spacial score (nSPS) is 11.0. The van der Waals surface area contributed by atoms with Crippen LogP contribution in [-0.4, -0.2) is 46.8 Å².